The Hall–Kier alpha value is -2.08. The zero-order chi connectivity index (χ0) is 18.9. The lowest BCUT2D eigenvalue weighted by Gasteiger charge is -2.19. The summed E-state index contributed by atoms with van der Waals surface area (Å²) in [7, 11) is 0. The fourth-order valence-corrected chi connectivity index (χ4v) is 2.63. The quantitative estimate of drug-likeness (QED) is 0.577. The SMILES string of the molecule is CC(C(=O)NCCCC(=O)Nc1ccc(Cl)cc1)C(N)c1ccccc1.Cl. The minimum Gasteiger partial charge on any atom is -0.356 e. The Balaban J connectivity index is 0.00000364. The van der Waals surface area contributed by atoms with Crippen LogP contribution in [-0.2, 0) is 9.59 Å². The minimum atomic E-state index is -0.357. The molecule has 2 unspecified atom stereocenters. The maximum Gasteiger partial charge on any atom is 0.224 e. The Morgan fingerprint density at radius 3 is 2.33 bits per heavy atom. The lowest BCUT2D eigenvalue weighted by Crippen LogP contribution is -2.36. The van der Waals surface area contributed by atoms with Crippen molar-refractivity contribution in [2.75, 3.05) is 11.9 Å². The molecule has 0 fully saturated rings. The van der Waals surface area contributed by atoms with Crippen LogP contribution in [0.4, 0.5) is 5.69 Å². The predicted octanol–water partition coefficient (Wildman–Crippen LogP) is 3.93. The molecule has 2 atom stereocenters. The topological polar surface area (TPSA) is 84.2 Å². The Morgan fingerprint density at radius 2 is 1.70 bits per heavy atom. The van der Waals surface area contributed by atoms with E-state index < -0.39 is 0 Å². The molecular formula is C20H25Cl2N3O2. The van der Waals surface area contributed by atoms with E-state index in [1.807, 2.05) is 30.3 Å². The van der Waals surface area contributed by atoms with Crippen molar-refractivity contribution in [1.82, 2.24) is 5.32 Å². The molecule has 27 heavy (non-hydrogen) atoms. The molecule has 0 saturated carbocycles. The molecule has 146 valence electrons. The molecular weight excluding hydrogens is 385 g/mol. The van der Waals surface area contributed by atoms with Crippen LogP contribution in [0.25, 0.3) is 0 Å². The molecule has 5 nitrogen and oxygen atoms in total. The smallest absolute Gasteiger partial charge is 0.224 e. The molecule has 0 aromatic heterocycles. The number of anilines is 1. The summed E-state index contributed by atoms with van der Waals surface area (Å²) >= 11 is 5.81. The fourth-order valence-electron chi connectivity index (χ4n) is 2.51. The van der Waals surface area contributed by atoms with Gasteiger partial charge in [-0.1, -0.05) is 48.9 Å². The minimum absolute atomic E-state index is 0. The number of hydrogen-bond donors (Lipinski definition) is 3. The van der Waals surface area contributed by atoms with Gasteiger partial charge in [-0.25, -0.2) is 0 Å². The number of carbonyl (C=O) groups is 2. The average Bonchev–Trinajstić information content (AvgIpc) is 2.66. The van der Waals surface area contributed by atoms with Crippen LogP contribution in [0.3, 0.4) is 0 Å². The van der Waals surface area contributed by atoms with E-state index in [0.717, 1.165) is 5.56 Å². The van der Waals surface area contributed by atoms with Gasteiger partial charge in [-0.05, 0) is 36.2 Å². The molecule has 0 aliphatic carbocycles. The highest BCUT2D eigenvalue weighted by molar-refractivity contribution is 6.30. The van der Waals surface area contributed by atoms with Crippen molar-refractivity contribution in [3.63, 3.8) is 0 Å². The fraction of sp³-hybridized carbons (Fsp3) is 0.300. The molecule has 0 radical (unpaired) electrons. The highest BCUT2D eigenvalue weighted by Gasteiger charge is 2.21. The summed E-state index contributed by atoms with van der Waals surface area (Å²) in [6.45, 7) is 2.24. The van der Waals surface area contributed by atoms with Crippen molar-refractivity contribution in [3.05, 3.63) is 65.2 Å². The number of benzene rings is 2. The van der Waals surface area contributed by atoms with E-state index in [0.29, 0.717) is 30.1 Å². The summed E-state index contributed by atoms with van der Waals surface area (Å²) in [6.07, 6.45) is 0.875. The van der Waals surface area contributed by atoms with E-state index in [4.69, 9.17) is 17.3 Å². The second-order valence-electron chi connectivity index (χ2n) is 6.17. The highest BCUT2D eigenvalue weighted by atomic mass is 35.5. The zero-order valence-corrected chi connectivity index (χ0v) is 16.7. The van der Waals surface area contributed by atoms with E-state index in [9.17, 15) is 9.59 Å². The first-order valence-corrected chi connectivity index (χ1v) is 8.99. The van der Waals surface area contributed by atoms with Gasteiger partial charge in [-0.15, -0.1) is 12.4 Å². The summed E-state index contributed by atoms with van der Waals surface area (Å²) in [6, 6.07) is 16.1. The lowest BCUT2D eigenvalue weighted by atomic mass is 9.94. The maximum absolute atomic E-state index is 12.2. The van der Waals surface area contributed by atoms with Crippen molar-refractivity contribution in [2.45, 2.75) is 25.8 Å². The Morgan fingerprint density at radius 1 is 1.07 bits per heavy atom. The number of carbonyl (C=O) groups excluding carboxylic acids is 2. The van der Waals surface area contributed by atoms with Crippen LogP contribution in [0.15, 0.2) is 54.6 Å². The molecule has 2 aromatic rings. The molecule has 0 aliphatic rings. The van der Waals surface area contributed by atoms with E-state index in [1.165, 1.54) is 0 Å². The Kier molecular flexibility index (Phi) is 9.86. The van der Waals surface area contributed by atoms with Crippen LogP contribution in [0.1, 0.15) is 31.4 Å². The molecule has 2 rings (SSSR count). The van der Waals surface area contributed by atoms with Gasteiger partial charge >= 0.3 is 0 Å². The number of amides is 2. The Labute approximate surface area is 171 Å². The molecule has 0 heterocycles. The van der Waals surface area contributed by atoms with Gasteiger partial charge in [0.2, 0.25) is 11.8 Å². The summed E-state index contributed by atoms with van der Waals surface area (Å²) in [5.74, 6) is -0.560. The first-order chi connectivity index (χ1) is 12.5. The van der Waals surface area contributed by atoms with Crippen LogP contribution in [-0.4, -0.2) is 18.4 Å². The van der Waals surface area contributed by atoms with Gasteiger partial charge in [0.1, 0.15) is 0 Å². The van der Waals surface area contributed by atoms with Crippen molar-refractivity contribution in [3.8, 4) is 0 Å². The molecule has 2 amide bonds. The van der Waals surface area contributed by atoms with Gasteiger partial charge in [-0.3, -0.25) is 9.59 Å². The van der Waals surface area contributed by atoms with E-state index >= 15 is 0 Å². The second kappa shape index (κ2) is 11.6. The third-order valence-corrected chi connectivity index (χ3v) is 4.40. The van der Waals surface area contributed by atoms with Gasteiger partial charge in [0.15, 0.2) is 0 Å². The summed E-state index contributed by atoms with van der Waals surface area (Å²) in [5, 5.41) is 6.25. The van der Waals surface area contributed by atoms with Gasteiger partial charge in [0, 0.05) is 29.7 Å². The van der Waals surface area contributed by atoms with Gasteiger partial charge in [0.25, 0.3) is 0 Å². The van der Waals surface area contributed by atoms with E-state index in [1.54, 1.807) is 31.2 Å². The molecule has 4 N–H and O–H groups in total. The van der Waals surface area contributed by atoms with Crippen LogP contribution < -0.4 is 16.4 Å². The zero-order valence-electron chi connectivity index (χ0n) is 15.2. The van der Waals surface area contributed by atoms with Crippen molar-refractivity contribution in [2.24, 2.45) is 11.7 Å². The van der Waals surface area contributed by atoms with Crippen molar-refractivity contribution < 1.29 is 9.59 Å². The first kappa shape index (κ1) is 23.0. The third kappa shape index (κ3) is 7.59. The largest absolute Gasteiger partial charge is 0.356 e. The average molecular weight is 410 g/mol. The van der Waals surface area contributed by atoms with E-state index in [-0.39, 0.29) is 36.2 Å². The summed E-state index contributed by atoms with van der Waals surface area (Å²) in [4.78, 5) is 24.1. The number of rotatable bonds is 8. The number of nitrogens with one attached hydrogen (secondary N) is 2. The number of hydrogen-bond acceptors (Lipinski definition) is 3. The Bertz CT molecular complexity index is 724. The van der Waals surface area contributed by atoms with Gasteiger partial charge in [-0.2, -0.15) is 0 Å². The molecule has 2 aromatic carbocycles. The molecule has 7 heteroatoms. The summed E-state index contributed by atoms with van der Waals surface area (Å²) in [5.41, 5.74) is 7.78. The lowest BCUT2D eigenvalue weighted by molar-refractivity contribution is -0.125. The van der Waals surface area contributed by atoms with Gasteiger partial charge < -0.3 is 16.4 Å². The van der Waals surface area contributed by atoms with Crippen LogP contribution in [0.2, 0.25) is 5.02 Å². The third-order valence-electron chi connectivity index (χ3n) is 4.14. The standard InChI is InChI=1S/C20H24ClN3O2.ClH/c1-14(19(22)15-6-3-2-4-7-15)20(26)23-13-5-8-18(25)24-17-11-9-16(21)10-12-17;/h2-4,6-7,9-12,14,19H,5,8,13,22H2,1H3,(H,23,26)(H,24,25);1H. The van der Waals surface area contributed by atoms with Gasteiger partial charge in [0.05, 0.1) is 5.92 Å². The number of halogens is 2. The molecule has 0 saturated heterocycles. The van der Waals surface area contributed by atoms with Crippen LogP contribution in [0, 0.1) is 5.92 Å². The van der Waals surface area contributed by atoms with E-state index in [2.05, 4.69) is 10.6 Å². The first-order valence-electron chi connectivity index (χ1n) is 8.61. The molecule has 0 bridgehead atoms. The maximum atomic E-state index is 12.2. The monoisotopic (exact) mass is 409 g/mol. The normalized spacial score (nSPS) is 12.4. The van der Waals surface area contributed by atoms with Crippen molar-refractivity contribution in [1.29, 1.82) is 0 Å². The molecule has 0 aliphatic heterocycles. The summed E-state index contributed by atoms with van der Waals surface area (Å²) < 4.78 is 0. The second-order valence-corrected chi connectivity index (χ2v) is 6.61. The van der Waals surface area contributed by atoms with Crippen LogP contribution >= 0.6 is 24.0 Å². The highest BCUT2D eigenvalue weighted by Crippen LogP contribution is 2.19. The number of nitrogens with two attached hydrogens (primary N) is 1. The molecule has 0 spiro atoms. The predicted molar refractivity (Wildman–Crippen MR) is 112 cm³/mol. The van der Waals surface area contributed by atoms with Crippen molar-refractivity contribution >= 4 is 41.5 Å². The van der Waals surface area contributed by atoms with Crippen LogP contribution in [0.5, 0.6) is 0 Å².